The average Bonchev–Trinajstić information content (AvgIpc) is 3.38. The molecule has 0 spiro atoms. The summed E-state index contributed by atoms with van der Waals surface area (Å²) in [5.74, 6) is -0.845. The number of allylic oxidation sites excluding steroid dienone is 2. The Labute approximate surface area is 450 Å². The predicted molar refractivity (Wildman–Crippen MR) is 312 cm³/mol. The molecule has 0 aliphatic rings. The van der Waals surface area contributed by atoms with Gasteiger partial charge in [0.05, 0.1) is 0 Å². The number of esters is 3. The van der Waals surface area contributed by atoms with Crippen LogP contribution in [-0.4, -0.2) is 37.2 Å². The molecule has 6 nitrogen and oxygen atoms in total. The Morgan fingerprint density at radius 1 is 0.264 bits per heavy atom. The van der Waals surface area contributed by atoms with Gasteiger partial charge in [0.25, 0.3) is 0 Å². The summed E-state index contributed by atoms with van der Waals surface area (Å²) in [6.45, 7) is 6.69. The lowest BCUT2D eigenvalue weighted by molar-refractivity contribution is -0.167. The highest BCUT2D eigenvalue weighted by Crippen LogP contribution is 2.18. The van der Waals surface area contributed by atoms with Gasteiger partial charge in [-0.15, -0.1) is 0 Å². The third-order valence-electron chi connectivity index (χ3n) is 15.0. The summed E-state index contributed by atoms with van der Waals surface area (Å²) in [4.78, 5) is 38.3. The van der Waals surface area contributed by atoms with E-state index < -0.39 is 6.10 Å². The Morgan fingerprint density at radius 2 is 0.458 bits per heavy atom. The van der Waals surface area contributed by atoms with E-state index in [1.165, 1.54) is 270 Å². The number of carbonyl (C=O) groups is 3. The SMILES string of the molecule is CCCCCC/C=C\CCCCCCCC(=O)OCC(COC(=O)CCCCCCCCCCCCCCCCCCCCCCCCCCC)OC(=O)CCCCCCCCCCCCCCCCCC. The highest BCUT2D eigenvalue weighted by Gasteiger charge is 2.19. The maximum absolute atomic E-state index is 12.9. The molecule has 0 radical (unpaired) electrons. The lowest BCUT2D eigenvalue weighted by Crippen LogP contribution is -2.30. The fraction of sp³-hybridized carbons (Fsp3) is 0.924. The third-order valence-corrected chi connectivity index (χ3v) is 15.0. The number of carbonyl (C=O) groups excluding carboxylic acids is 3. The molecule has 0 heterocycles. The van der Waals surface area contributed by atoms with E-state index in [4.69, 9.17) is 14.2 Å². The first kappa shape index (κ1) is 70.1. The van der Waals surface area contributed by atoms with Crippen molar-refractivity contribution in [2.45, 2.75) is 380 Å². The molecule has 1 unspecified atom stereocenters. The zero-order valence-corrected chi connectivity index (χ0v) is 49.0. The largest absolute Gasteiger partial charge is 0.462 e. The van der Waals surface area contributed by atoms with Gasteiger partial charge in [0.15, 0.2) is 6.10 Å². The van der Waals surface area contributed by atoms with Gasteiger partial charge in [-0.25, -0.2) is 0 Å². The quantitative estimate of drug-likeness (QED) is 0.0261. The molecule has 0 bridgehead atoms. The zero-order chi connectivity index (χ0) is 52.2. The van der Waals surface area contributed by atoms with E-state index in [9.17, 15) is 14.4 Å². The van der Waals surface area contributed by atoms with Crippen molar-refractivity contribution in [3.8, 4) is 0 Å². The molecule has 0 saturated carbocycles. The average molecular weight is 1020 g/mol. The lowest BCUT2D eigenvalue weighted by atomic mass is 10.0. The highest BCUT2D eigenvalue weighted by atomic mass is 16.6. The van der Waals surface area contributed by atoms with Crippen LogP contribution >= 0.6 is 0 Å². The van der Waals surface area contributed by atoms with Crippen molar-refractivity contribution in [1.29, 1.82) is 0 Å². The Kier molecular flexibility index (Phi) is 60.1. The van der Waals surface area contributed by atoms with Crippen LogP contribution in [-0.2, 0) is 28.6 Å². The van der Waals surface area contributed by atoms with E-state index in [1.54, 1.807) is 0 Å². The molecule has 1 atom stereocenters. The summed E-state index contributed by atoms with van der Waals surface area (Å²) < 4.78 is 16.9. The molecule has 0 aromatic carbocycles. The summed E-state index contributed by atoms with van der Waals surface area (Å²) in [5.41, 5.74) is 0. The van der Waals surface area contributed by atoms with Gasteiger partial charge in [0, 0.05) is 19.3 Å². The number of unbranched alkanes of at least 4 members (excludes halogenated alkanes) is 48. The first-order chi connectivity index (χ1) is 35.5. The number of hydrogen-bond donors (Lipinski definition) is 0. The van der Waals surface area contributed by atoms with Crippen molar-refractivity contribution in [3.63, 3.8) is 0 Å². The summed E-state index contributed by atoms with van der Waals surface area (Å²) in [6.07, 6.45) is 72.3. The molecule has 0 amide bonds. The van der Waals surface area contributed by atoms with Crippen LogP contribution in [0.2, 0.25) is 0 Å². The molecule has 0 aromatic rings. The van der Waals surface area contributed by atoms with E-state index in [1.807, 2.05) is 0 Å². The van der Waals surface area contributed by atoms with Gasteiger partial charge >= 0.3 is 17.9 Å². The van der Waals surface area contributed by atoms with E-state index in [0.29, 0.717) is 19.3 Å². The molecule has 0 N–H and O–H groups in total. The first-order valence-electron chi connectivity index (χ1n) is 32.7. The van der Waals surface area contributed by atoms with Gasteiger partial charge in [-0.05, 0) is 44.9 Å². The fourth-order valence-corrected chi connectivity index (χ4v) is 10.1. The fourth-order valence-electron chi connectivity index (χ4n) is 10.1. The second kappa shape index (κ2) is 61.7. The number of rotatable bonds is 61. The molecule has 0 saturated heterocycles. The minimum absolute atomic E-state index is 0.0660. The smallest absolute Gasteiger partial charge is 0.306 e. The van der Waals surface area contributed by atoms with Gasteiger partial charge in [-0.1, -0.05) is 322 Å². The van der Waals surface area contributed by atoms with Crippen LogP contribution in [0.5, 0.6) is 0 Å². The van der Waals surface area contributed by atoms with Crippen molar-refractivity contribution in [2.75, 3.05) is 13.2 Å². The minimum atomic E-state index is -0.768. The van der Waals surface area contributed by atoms with Crippen LogP contribution in [0.15, 0.2) is 12.2 Å². The third kappa shape index (κ3) is 59.0. The Hall–Kier alpha value is -1.85. The molecule has 426 valence electrons. The van der Waals surface area contributed by atoms with Crippen molar-refractivity contribution in [3.05, 3.63) is 12.2 Å². The Balaban J connectivity index is 4.19. The second-order valence-corrected chi connectivity index (χ2v) is 22.4. The number of hydrogen-bond acceptors (Lipinski definition) is 6. The minimum Gasteiger partial charge on any atom is -0.462 e. The highest BCUT2D eigenvalue weighted by molar-refractivity contribution is 5.71. The van der Waals surface area contributed by atoms with Crippen molar-refractivity contribution < 1.29 is 28.6 Å². The predicted octanol–water partition coefficient (Wildman–Crippen LogP) is 22.1. The van der Waals surface area contributed by atoms with Crippen molar-refractivity contribution in [2.24, 2.45) is 0 Å². The molecule has 0 aliphatic heterocycles. The van der Waals surface area contributed by atoms with Gasteiger partial charge < -0.3 is 14.2 Å². The van der Waals surface area contributed by atoms with Crippen LogP contribution in [0.3, 0.4) is 0 Å². The number of ether oxygens (including phenoxy) is 3. The maximum atomic E-state index is 12.9. The summed E-state index contributed by atoms with van der Waals surface area (Å²) in [5, 5.41) is 0. The first-order valence-corrected chi connectivity index (χ1v) is 32.7. The van der Waals surface area contributed by atoms with Crippen LogP contribution in [0.25, 0.3) is 0 Å². The Morgan fingerprint density at radius 3 is 0.708 bits per heavy atom. The van der Waals surface area contributed by atoms with Gasteiger partial charge in [0.2, 0.25) is 0 Å². The molecular formula is C66H126O6. The summed E-state index contributed by atoms with van der Waals surface area (Å²) in [7, 11) is 0. The van der Waals surface area contributed by atoms with Crippen molar-refractivity contribution >= 4 is 17.9 Å². The second-order valence-electron chi connectivity index (χ2n) is 22.4. The molecule has 0 aliphatic carbocycles. The van der Waals surface area contributed by atoms with Gasteiger partial charge in [-0.3, -0.25) is 14.4 Å². The molecular weight excluding hydrogens is 889 g/mol. The van der Waals surface area contributed by atoms with Crippen LogP contribution in [0, 0.1) is 0 Å². The summed E-state index contributed by atoms with van der Waals surface area (Å²) >= 11 is 0. The lowest BCUT2D eigenvalue weighted by Gasteiger charge is -2.18. The van der Waals surface area contributed by atoms with E-state index >= 15 is 0 Å². The molecule has 72 heavy (non-hydrogen) atoms. The van der Waals surface area contributed by atoms with E-state index in [-0.39, 0.29) is 31.1 Å². The molecule has 0 rings (SSSR count). The summed E-state index contributed by atoms with van der Waals surface area (Å²) in [6, 6.07) is 0. The topological polar surface area (TPSA) is 78.9 Å². The Bertz CT molecular complexity index is 1120. The normalized spacial score (nSPS) is 12.0. The molecule has 0 aromatic heterocycles. The standard InChI is InChI=1S/C66H126O6/c1-4-7-10-13-16-19-22-25-27-29-30-31-32-33-34-35-36-37-39-41-44-47-50-53-56-59-65(68)71-62-63(61-70-64(67)58-55-52-49-46-43-40-24-21-18-15-12-9-6-3)72-66(69)60-57-54-51-48-45-42-38-28-26-23-20-17-14-11-8-5-2/h21,24,63H,4-20,22-23,25-62H2,1-3H3/b24-21-. The van der Waals surface area contributed by atoms with Gasteiger partial charge in [-0.2, -0.15) is 0 Å². The monoisotopic (exact) mass is 1010 g/mol. The van der Waals surface area contributed by atoms with Crippen LogP contribution < -0.4 is 0 Å². The maximum Gasteiger partial charge on any atom is 0.306 e. The van der Waals surface area contributed by atoms with Crippen molar-refractivity contribution in [1.82, 2.24) is 0 Å². The molecule has 6 heteroatoms. The van der Waals surface area contributed by atoms with Crippen LogP contribution in [0.4, 0.5) is 0 Å². The van der Waals surface area contributed by atoms with Gasteiger partial charge in [0.1, 0.15) is 13.2 Å². The molecule has 0 fully saturated rings. The van der Waals surface area contributed by atoms with E-state index in [2.05, 4.69) is 32.9 Å². The van der Waals surface area contributed by atoms with Crippen LogP contribution in [0.1, 0.15) is 374 Å². The van der Waals surface area contributed by atoms with E-state index in [0.717, 1.165) is 64.2 Å². The zero-order valence-electron chi connectivity index (χ0n) is 49.0.